The van der Waals surface area contributed by atoms with Gasteiger partial charge in [0.2, 0.25) is 0 Å². The normalized spacial score (nSPS) is 10.5. The molecule has 0 bridgehead atoms. The fourth-order valence-corrected chi connectivity index (χ4v) is 2.21. The lowest BCUT2D eigenvalue weighted by atomic mass is 10.2. The average Bonchev–Trinajstić information content (AvgIpc) is 2.66. The molecule has 0 spiro atoms. The number of ether oxygens (including phenoxy) is 3. The van der Waals surface area contributed by atoms with Gasteiger partial charge in [-0.15, -0.1) is 0 Å². The highest BCUT2D eigenvalue weighted by molar-refractivity contribution is 6.30. The van der Waals surface area contributed by atoms with Crippen LogP contribution in [0.2, 0.25) is 5.02 Å². The number of carbonyl (C=O) groups excluding carboxylic acids is 2. The second kappa shape index (κ2) is 9.59. The van der Waals surface area contributed by atoms with Gasteiger partial charge in [0.15, 0.2) is 6.61 Å². The third-order valence-corrected chi connectivity index (χ3v) is 3.57. The number of rotatable bonds is 7. The van der Waals surface area contributed by atoms with E-state index in [1.54, 1.807) is 18.2 Å². The molecule has 2 rings (SSSR count). The summed E-state index contributed by atoms with van der Waals surface area (Å²) >= 11 is 5.63. The van der Waals surface area contributed by atoms with E-state index >= 15 is 0 Å². The molecule has 0 radical (unpaired) electrons. The second-order valence-electron chi connectivity index (χ2n) is 5.26. The van der Waals surface area contributed by atoms with Crippen LogP contribution in [0.25, 0.3) is 6.08 Å². The number of nitrogens with one attached hydrogen (secondary N) is 1. The lowest BCUT2D eigenvalue weighted by Crippen LogP contribution is -2.20. The van der Waals surface area contributed by atoms with Crippen molar-refractivity contribution < 1.29 is 28.2 Å². The number of amides is 1. The fourth-order valence-electron chi connectivity index (χ4n) is 2.05. The summed E-state index contributed by atoms with van der Waals surface area (Å²) in [6, 6.07) is 8.89. The minimum atomic E-state index is -0.733. The Morgan fingerprint density at radius 2 is 1.78 bits per heavy atom. The van der Waals surface area contributed by atoms with E-state index in [0.717, 1.165) is 12.1 Å². The van der Waals surface area contributed by atoms with Gasteiger partial charge in [0.05, 0.1) is 19.9 Å². The number of esters is 1. The van der Waals surface area contributed by atoms with E-state index in [9.17, 15) is 14.0 Å². The predicted octanol–water partition coefficient (Wildman–Crippen LogP) is 3.69. The Balaban J connectivity index is 1.90. The van der Waals surface area contributed by atoms with Crippen molar-refractivity contribution in [1.29, 1.82) is 0 Å². The molecule has 0 aromatic heterocycles. The monoisotopic (exact) mass is 393 g/mol. The van der Waals surface area contributed by atoms with Gasteiger partial charge in [0.1, 0.15) is 17.3 Å². The van der Waals surface area contributed by atoms with Crippen LogP contribution >= 0.6 is 11.6 Å². The molecule has 0 fully saturated rings. The molecule has 0 atom stereocenters. The third kappa shape index (κ3) is 6.31. The molecule has 6 nitrogen and oxygen atoms in total. The molecule has 1 amide bonds. The van der Waals surface area contributed by atoms with Crippen molar-refractivity contribution in [1.82, 2.24) is 0 Å². The summed E-state index contributed by atoms with van der Waals surface area (Å²) in [7, 11) is 3.03. The number of carbonyl (C=O) groups is 2. The number of methoxy groups -OCH3 is 2. The van der Waals surface area contributed by atoms with Gasteiger partial charge in [-0.1, -0.05) is 11.6 Å². The fraction of sp³-hybridized carbons (Fsp3) is 0.158. The Bertz CT molecular complexity index is 847. The molecule has 1 N–H and O–H groups in total. The molecule has 0 unspecified atom stereocenters. The van der Waals surface area contributed by atoms with Crippen molar-refractivity contribution >= 4 is 35.2 Å². The van der Waals surface area contributed by atoms with Crippen LogP contribution in [0.1, 0.15) is 5.56 Å². The topological polar surface area (TPSA) is 73.9 Å². The van der Waals surface area contributed by atoms with Gasteiger partial charge >= 0.3 is 5.97 Å². The lowest BCUT2D eigenvalue weighted by Gasteiger charge is -2.07. The number of hydrogen-bond acceptors (Lipinski definition) is 5. The van der Waals surface area contributed by atoms with E-state index in [4.69, 9.17) is 25.8 Å². The molecular formula is C19H17ClFNO5. The summed E-state index contributed by atoms with van der Waals surface area (Å²) in [4.78, 5) is 23.5. The molecule has 0 aliphatic carbocycles. The Hall–Kier alpha value is -3.06. The van der Waals surface area contributed by atoms with E-state index in [0.29, 0.717) is 17.1 Å². The molecule has 0 aliphatic heterocycles. The van der Waals surface area contributed by atoms with Gasteiger partial charge in [-0.05, 0) is 42.0 Å². The molecule has 2 aromatic rings. The second-order valence-corrected chi connectivity index (χ2v) is 5.70. The maximum atomic E-state index is 13.6. The van der Waals surface area contributed by atoms with E-state index in [1.165, 1.54) is 32.4 Å². The summed E-state index contributed by atoms with van der Waals surface area (Å²) in [6.07, 6.45) is 2.65. The van der Waals surface area contributed by atoms with E-state index in [1.807, 2.05) is 0 Å². The van der Waals surface area contributed by atoms with Crippen molar-refractivity contribution in [2.24, 2.45) is 0 Å². The van der Waals surface area contributed by atoms with Crippen molar-refractivity contribution in [3.8, 4) is 11.5 Å². The van der Waals surface area contributed by atoms with Crippen LogP contribution in [0.3, 0.4) is 0 Å². The molecule has 2 aromatic carbocycles. The summed E-state index contributed by atoms with van der Waals surface area (Å²) < 4.78 is 28.7. The van der Waals surface area contributed by atoms with Crippen LogP contribution in [0.15, 0.2) is 42.5 Å². The van der Waals surface area contributed by atoms with Crippen molar-refractivity contribution in [3.63, 3.8) is 0 Å². The molecule has 8 heteroatoms. The number of hydrogen-bond donors (Lipinski definition) is 1. The highest BCUT2D eigenvalue weighted by Crippen LogP contribution is 2.23. The number of halogens is 2. The average molecular weight is 394 g/mol. The number of benzene rings is 2. The number of anilines is 1. The van der Waals surface area contributed by atoms with Crippen molar-refractivity contribution in [3.05, 3.63) is 58.9 Å². The first kappa shape index (κ1) is 20.3. The maximum Gasteiger partial charge on any atom is 0.331 e. The largest absolute Gasteiger partial charge is 0.497 e. The molecule has 27 heavy (non-hydrogen) atoms. The van der Waals surface area contributed by atoms with Crippen LogP contribution in [0.4, 0.5) is 10.1 Å². The zero-order chi connectivity index (χ0) is 19.8. The van der Waals surface area contributed by atoms with Gasteiger partial charge in [-0.3, -0.25) is 4.79 Å². The van der Waals surface area contributed by atoms with Crippen molar-refractivity contribution in [2.45, 2.75) is 0 Å². The summed E-state index contributed by atoms with van der Waals surface area (Å²) in [5.41, 5.74) is 0.593. The summed E-state index contributed by atoms with van der Waals surface area (Å²) in [6.45, 7) is -0.563. The molecule has 142 valence electrons. The van der Waals surface area contributed by atoms with Crippen LogP contribution in [-0.4, -0.2) is 32.7 Å². The SMILES string of the molecule is COc1cc(/C=C/C(=O)OCC(=O)Nc2ccc(Cl)cc2F)cc(OC)c1. The van der Waals surface area contributed by atoms with E-state index in [-0.39, 0.29) is 10.7 Å². The van der Waals surface area contributed by atoms with Crippen LogP contribution < -0.4 is 14.8 Å². The minimum absolute atomic E-state index is 0.0560. The molecule has 0 saturated carbocycles. The zero-order valence-electron chi connectivity index (χ0n) is 14.6. The molecule has 0 saturated heterocycles. The Kier molecular flexibility index (Phi) is 7.19. The van der Waals surface area contributed by atoms with Crippen LogP contribution in [0.5, 0.6) is 11.5 Å². The Labute approximate surface area is 160 Å². The first-order valence-corrected chi connectivity index (χ1v) is 8.12. The van der Waals surface area contributed by atoms with Crippen LogP contribution in [-0.2, 0) is 14.3 Å². The van der Waals surface area contributed by atoms with Gasteiger partial charge in [-0.25, -0.2) is 9.18 Å². The van der Waals surface area contributed by atoms with Gasteiger partial charge in [0, 0.05) is 17.2 Å². The van der Waals surface area contributed by atoms with Gasteiger partial charge in [0.25, 0.3) is 5.91 Å². The highest BCUT2D eigenvalue weighted by Gasteiger charge is 2.09. The van der Waals surface area contributed by atoms with Gasteiger partial charge in [-0.2, -0.15) is 0 Å². The standard InChI is InChI=1S/C19H17ClFNO5/c1-25-14-7-12(8-15(10-14)26-2)3-6-19(24)27-11-18(23)22-17-5-4-13(20)9-16(17)21/h3-10H,11H2,1-2H3,(H,22,23)/b6-3+. The maximum absolute atomic E-state index is 13.6. The first-order chi connectivity index (χ1) is 12.9. The first-order valence-electron chi connectivity index (χ1n) is 7.74. The van der Waals surface area contributed by atoms with E-state index < -0.39 is 24.3 Å². The highest BCUT2D eigenvalue weighted by atomic mass is 35.5. The van der Waals surface area contributed by atoms with Crippen molar-refractivity contribution in [2.75, 3.05) is 26.1 Å². The van der Waals surface area contributed by atoms with E-state index in [2.05, 4.69) is 5.32 Å². The zero-order valence-corrected chi connectivity index (χ0v) is 15.4. The molecule has 0 heterocycles. The Morgan fingerprint density at radius 1 is 1.11 bits per heavy atom. The minimum Gasteiger partial charge on any atom is -0.497 e. The smallest absolute Gasteiger partial charge is 0.331 e. The van der Waals surface area contributed by atoms with Gasteiger partial charge < -0.3 is 19.5 Å². The Morgan fingerprint density at radius 3 is 2.37 bits per heavy atom. The third-order valence-electron chi connectivity index (χ3n) is 3.34. The summed E-state index contributed by atoms with van der Waals surface area (Å²) in [5, 5.41) is 2.49. The van der Waals surface area contributed by atoms with Crippen LogP contribution in [0, 0.1) is 5.82 Å². The molecule has 0 aliphatic rings. The lowest BCUT2D eigenvalue weighted by molar-refractivity contribution is -0.142. The molecular weight excluding hydrogens is 377 g/mol. The summed E-state index contributed by atoms with van der Waals surface area (Å²) in [5.74, 6) is -0.975. The predicted molar refractivity (Wildman–Crippen MR) is 99.6 cm³/mol. The quantitative estimate of drug-likeness (QED) is 0.573.